The molecule has 1 aromatic carbocycles. The monoisotopic (exact) mass is 503 g/mol. The van der Waals surface area contributed by atoms with Crippen LogP contribution < -0.4 is 10.0 Å². The number of rotatable bonds is 5. The lowest BCUT2D eigenvalue weighted by Gasteiger charge is -2.40. The number of benzene rings is 1. The van der Waals surface area contributed by atoms with E-state index in [-0.39, 0.29) is 19.1 Å². The second-order valence-corrected chi connectivity index (χ2v) is 9.42. The molecular weight excluding hydrogens is 478 g/mol. The zero-order valence-corrected chi connectivity index (χ0v) is 19.5. The molecule has 3 atom stereocenters. The molecule has 1 amide bonds. The SMILES string of the molecule is C[C@@H](C(=O)Nc1cn2c(n1)CC[C@H]2c1cc(F)cc(F)c1)N1CCC(F)(F)[C@@H](c2cc[n+]([O-])cc2)C1. The summed E-state index contributed by atoms with van der Waals surface area (Å²) in [4.78, 5) is 19.1. The lowest BCUT2D eigenvalue weighted by atomic mass is 9.87. The van der Waals surface area contributed by atoms with Crippen LogP contribution in [-0.2, 0) is 11.2 Å². The first-order valence-corrected chi connectivity index (χ1v) is 11.8. The van der Waals surface area contributed by atoms with Gasteiger partial charge in [-0.1, -0.05) is 0 Å². The van der Waals surface area contributed by atoms with Gasteiger partial charge in [0, 0.05) is 50.3 Å². The number of pyridine rings is 1. The van der Waals surface area contributed by atoms with Crippen LogP contribution in [0.15, 0.2) is 48.9 Å². The summed E-state index contributed by atoms with van der Waals surface area (Å²) in [5, 5.41) is 14.1. The lowest BCUT2D eigenvalue weighted by Crippen LogP contribution is -2.52. The first-order valence-electron chi connectivity index (χ1n) is 11.8. The van der Waals surface area contributed by atoms with Crippen LogP contribution in [0, 0.1) is 16.8 Å². The maximum Gasteiger partial charge on any atom is 0.257 e. The number of aromatic nitrogens is 3. The van der Waals surface area contributed by atoms with Gasteiger partial charge in [0.25, 0.3) is 5.92 Å². The second kappa shape index (κ2) is 9.20. The number of amides is 1. The number of halogens is 4. The Labute approximate surface area is 204 Å². The lowest BCUT2D eigenvalue weighted by molar-refractivity contribution is -0.605. The number of nitrogens with zero attached hydrogens (tertiary/aromatic N) is 4. The summed E-state index contributed by atoms with van der Waals surface area (Å²) in [6.07, 6.45) is 4.80. The largest absolute Gasteiger partial charge is 0.619 e. The number of nitrogens with one attached hydrogen (secondary N) is 1. The highest BCUT2D eigenvalue weighted by Crippen LogP contribution is 2.40. The summed E-state index contributed by atoms with van der Waals surface area (Å²) in [6, 6.07) is 5.15. The minimum atomic E-state index is -2.96. The number of carbonyl (C=O) groups is 1. The highest BCUT2D eigenvalue weighted by Gasteiger charge is 2.46. The third-order valence-corrected chi connectivity index (χ3v) is 7.12. The number of hydrogen-bond acceptors (Lipinski definition) is 4. The Hall–Kier alpha value is -3.47. The highest BCUT2D eigenvalue weighted by atomic mass is 19.3. The molecule has 2 aromatic heterocycles. The van der Waals surface area contributed by atoms with Crippen molar-refractivity contribution in [1.82, 2.24) is 14.5 Å². The summed E-state index contributed by atoms with van der Waals surface area (Å²) in [5.41, 5.74) is 0.827. The van der Waals surface area contributed by atoms with Crippen LogP contribution in [-0.4, -0.2) is 45.4 Å². The molecule has 5 rings (SSSR count). The van der Waals surface area contributed by atoms with E-state index in [2.05, 4.69) is 10.3 Å². The van der Waals surface area contributed by atoms with Gasteiger partial charge in [0.1, 0.15) is 17.5 Å². The van der Waals surface area contributed by atoms with E-state index in [0.717, 1.165) is 6.07 Å². The number of likely N-dealkylation sites (tertiary alicyclic amines) is 1. The van der Waals surface area contributed by atoms with Crippen LogP contribution in [0.25, 0.3) is 0 Å². The molecule has 2 aliphatic heterocycles. The van der Waals surface area contributed by atoms with Crippen LogP contribution in [0.3, 0.4) is 0 Å². The van der Waals surface area contributed by atoms with Crippen LogP contribution in [0.5, 0.6) is 0 Å². The molecule has 2 aliphatic rings. The fourth-order valence-corrected chi connectivity index (χ4v) is 5.13. The molecule has 7 nitrogen and oxygen atoms in total. The number of imidazole rings is 1. The standard InChI is InChI=1S/C25H25F4N5O2/c1-15(32-9-6-25(28,29)20(13-32)16-4-7-33(36)8-5-16)24(35)31-22-14-34-21(2-3-23(34)30-22)17-10-18(26)12-19(27)11-17/h4-5,7-8,10-12,14-15,20-21H,2-3,6,9,13H2,1H3,(H,31,35)/t15-,20+,21-/m0/s1. The average Bonchev–Trinajstić information content (AvgIpc) is 3.39. The average molecular weight is 504 g/mol. The Kier molecular flexibility index (Phi) is 6.19. The summed E-state index contributed by atoms with van der Waals surface area (Å²) < 4.78 is 59.1. The number of piperidine rings is 1. The number of hydrogen-bond donors (Lipinski definition) is 1. The molecule has 1 fully saturated rings. The topological polar surface area (TPSA) is 77.1 Å². The van der Waals surface area contributed by atoms with Gasteiger partial charge in [0.05, 0.1) is 18.0 Å². The van der Waals surface area contributed by atoms with Crippen molar-refractivity contribution in [3.63, 3.8) is 0 Å². The van der Waals surface area contributed by atoms with Crippen molar-refractivity contribution in [3.8, 4) is 0 Å². The molecule has 3 aromatic rings. The van der Waals surface area contributed by atoms with Gasteiger partial charge in [-0.05, 0) is 36.6 Å². The van der Waals surface area contributed by atoms with Crippen molar-refractivity contribution in [2.24, 2.45) is 0 Å². The summed E-state index contributed by atoms with van der Waals surface area (Å²) in [5.74, 6) is -4.84. The van der Waals surface area contributed by atoms with Crippen LogP contribution in [0.2, 0.25) is 0 Å². The van der Waals surface area contributed by atoms with E-state index in [0.29, 0.717) is 40.3 Å². The normalized spacial score (nSPS) is 22.2. The molecule has 0 bridgehead atoms. The van der Waals surface area contributed by atoms with Crippen molar-refractivity contribution in [2.45, 2.75) is 50.1 Å². The van der Waals surface area contributed by atoms with E-state index in [1.807, 2.05) is 0 Å². The van der Waals surface area contributed by atoms with Gasteiger partial charge < -0.3 is 15.1 Å². The zero-order chi connectivity index (χ0) is 25.6. The third kappa shape index (κ3) is 4.67. The van der Waals surface area contributed by atoms with E-state index in [9.17, 15) is 27.6 Å². The zero-order valence-electron chi connectivity index (χ0n) is 19.5. The van der Waals surface area contributed by atoms with Crippen molar-refractivity contribution in [3.05, 3.63) is 82.7 Å². The molecule has 0 radical (unpaired) electrons. The van der Waals surface area contributed by atoms with Gasteiger partial charge in [-0.15, -0.1) is 0 Å². The first kappa shape index (κ1) is 24.2. The van der Waals surface area contributed by atoms with E-state index >= 15 is 0 Å². The van der Waals surface area contributed by atoms with Crippen LogP contribution in [0.4, 0.5) is 23.4 Å². The molecule has 36 heavy (non-hydrogen) atoms. The van der Waals surface area contributed by atoms with E-state index in [4.69, 9.17) is 0 Å². The Bertz CT molecular complexity index is 1260. The summed E-state index contributed by atoms with van der Waals surface area (Å²) in [6.45, 7) is 1.64. The number of aryl methyl sites for hydroxylation is 1. The van der Waals surface area contributed by atoms with Crippen molar-refractivity contribution >= 4 is 11.7 Å². The fourth-order valence-electron chi connectivity index (χ4n) is 5.13. The van der Waals surface area contributed by atoms with E-state index in [1.165, 1.54) is 36.7 Å². The smallest absolute Gasteiger partial charge is 0.257 e. The minimum Gasteiger partial charge on any atom is -0.619 e. The number of fused-ring (bicyclic) bond motifs is 1. The maximum absolute atomic E-state index is 14.7. The maximum atomic E-state index is 14.7. The molecular formula is C25H25F4N5O2. The van der Waals surface area contributed by atoms with Gasteiger partial charge in [-0.2, -0.15) is 4.73 Å². The van der Waals surface area contributed by atoms with E-state index < -0.39 is 41.8 Å². The Morgan fingerprint density at radius 2 is 1.89 bits per heavy atom. The molecule has 1 saturated heterocycles. The summed E-state index contributed by atoms with van der Waals surface area (Å²) in [7, 11) is 0. The predicted molar refractivity (Wildman–Crippen MR) is 122 cm³/mol. The molecule has 1 N–H and O–H groups in total. The number of alkyl halides is 2. The highest BCUT2D eigenvalue weighted by molar-refractivity contribution is 5.93. The quantitative estimate of drug-likeness (QED) is 0.327. The molecule has 0 spiro atoms. The Morgan fingerprint density at radius 3 is 2.58 bits per heavy atom. The van der Waals surface area contributed by atoms with Crippen molar-refractivity contribution in [1.29, 1.82) is 0 Å². The predicted octanol–water partition coefficient (Wildman–Crippen LogP) is 3.78. The second-order valence-electron chi connectivity index (χ2n) is 9.42. The fraction of sp³-hybridized carbons (Fsp3) is 0.400. The Morgan fingerprint density at radius 1 is 1.19 bits per heavy atom. The first-order chi connectivity index (χ1) is 17.1. The van der Waals surface area contributed by atoms with Crippen LogP contribution >= 0.6 is 0 Å². The summed E-state index contributed by atoms with van der Waals surface area (Å²) >= 11 is 0. The molecule has 0 unspecified atom stereocenters. The number of carbonyl (C=O) groups excluding carboxylic acids is 1. The van der Waals surface area contributed by atoms with E-state index in [1.54, 1.807) is 22.6 Å². The van der Waals surface area contributed by atoms with Crippen molar-refractivity contribution in [2.75, 3.05) is 18.4 Å². The molecule has 0 aliphatic carbocycles. The molecule has 11 heteroatoms. The van der Waals surface area contributed by atoms with Gasteiger partial charge >= 0.3 is 0 Å². The van der Waals surface area contributed by atoms with Gasteiger partial charge in [0.2, 0.25) is 5.91 Å². The number of anilines is 1. The van der Waals surface area contributed by atoms with Gasteiger partial charge in [0.15, 0.2) is 18.2 Å². The molecule has 190 valence electrons. The van der Waals surface area contributed by atoms with Gasteiger partial charge in [-0.3, -0.25) is 9.69 Å². The van der Waals surface area contributed by atoms with Gasteiger partial charge in [-0.25, -0.2) is 22.5 Å². The third-order valence-electron chi connectivity index (χ3n) is 7.12. The molecule has 4 heterocycles. The Balaban J connectivity index is 1.28. The minimum absolute atomic E-state index is 0.0410. The van der Waals surface area contributed by atoms with Crippen molar-refractivity contribution < 1.29 is 27.1 Å². The van der Waals surface area contributed by atoms with Crippen LogP contribution in [0.1, 0.15) is 48.7 Å². The molecule has 0 saturated carbocycles.